The molecule has 0 aromatic heterocycles. The zero-order valence-corrected chi connectivity index (χ0v) is 13.9. The molecule has 2 aromatic carbocycles. The Labute approximate surface area is 137 Å². The summed E-state index contributed by atoms with van der Waals surface area (Å²) in [5.41, 5.74) is 3.13. The molecule has 0 radical (unpaired) electrons. The molecule has 0 aliphatic heterocycles. The Morgan fingerprint density at radius 1 is 1.00 bits per heavy atom. The standard InChI is InChI=1S/C19H23NO3/c1-14-11-15(2)13-16(12-14)20-19(21)5-4-10-23-18-8-6-17(22-3)7-9-18/h6-9,11-13H,4-5,10H2,1-3H3,(H,20,21). The largest absolute Gasteiger partial charge is 0.497 e. The van der Waals surface area contributed by atoms with Crippen molar-refractivity contribution in [2.75, 3.05) is 19.0 Å². The Morgan fingerprint density at radius 2 is 1.61 bits per heavy atom. The monoisotopic (exact) mass is 313 g/mol. The van der Waals surface area contributed by atoms with Crippen LogP contribution in [0.25, 0.3) is 0 Å². The van der Waals surface area contributed by atoms with Crippen molar-refractivity contribution in [3.63, 3.8) is 0 Å². The molecule has 0 fully saturated rings. The van der Waals surface area contributed by atoms with Gasteiger partial charge in [-0.3, -0.25) is 4.79 Å². The van der Waals surface area contributed by atoms with Crippen LogP contribution < -0.4 is 14.8 Å². The number of benzene rings is 2. The van der Waals surface area contributed by atoms with E-state index in [0.717, 1.165) is 28.3 Å². The fourth-order valence-electron chi connectivity index (χ4n) is 2.37. The van der Waals surface area contributed by atoms with Gasteiger partial charge in [-0.05, 0) is 67.8 Å². The Hall–Kier alpha value is -2.49. The molecule has 4 heteroatoms. The van der Waals surface area contributed by atoms with Gasteiger partial charge in [0.2, 0.25) is 5.91 Å². The zero-order valence-electron chi connectivity index (χ0n) is 13.9. The van der Waals surface area contributed by atoms with Crippen LogP contribution in [0.2, 0.25) is 0 Å². The minimum atomic E-state index is 0.00771. The average Bonchev–Trinajstić information content (AvgIpc) is 2.51. The third-order valence-corrected chi connectivity index (χ3v) is 3.38. The lowest BCUT2D eigenvalue weighted by Gasteiger charge is -2.09. The van der Waals surface area contributed by atoms with Gasteiger partial charge in [0.1, 0.15) is 11.5 Å². The van der Waals surface area contributed by atoms with Crippen molar-refractivity contribution in [1.29, 1.82) is 0 Å². The summed E-state index contributed by atoms with van der Waals surface area (Å²) >= 11 is 0. The molecule has 4 nitrogen and oxygen atoms in total. The number of amides is 1. The number of aryl methyl sites for hydroxylation is 2. The van der Waals surface area contributed by atoms with E-state index in [1.807, 2.05) is 50.2 Å². The predicted octanol–water partition coefficient (Wildman–Crippen LogP) is 4.11. The highest BCUT2D eigenvalue weighted by molar-refractivity contribution is 5.90. The van der Waals surface area contributed by atoms with Crippen LogP contribution in [0, 0.1) is 13.8 Å². The third kappa shape index (κ3) is 5.66. The molecule has 1 amide bonds. The van der Waals surface area contributed by atoms with Crippen LogP contribution in [-0.4, -0.2) is 19.6 Å². The molecule has 0 bridgehead atoms. The second kappa shape index (κ2) is 8.22. The number of ether oxygens (including phenoxy) is 2. The van der Waals surface area contributed by atoms with Crippen LogP contribution >= 0.6 is 0 Å². The fraction of sp³-hybridized carbons (Fsp3) is 0.316. The predicted molar refractivity (Wildman–Crippen MR) is 92.3 cm³/mol. The van der Waals surface area contributed by atoms with Crippen LogP contribution in [0.4, 0.5) is 5.69 Å². The van der Waals surface area contributed by atoms with E-state index in [2.05, 4.69) is 11.4 Å². The smallest absolute Gasteiger partial charge is 0.224 e. The lowest BCUT2D eigenvalue weighted by molar-refractivity contribution is -0.116. The molecular weight excluding hydrogens is 290 g/mol. The van der Waals surface area contributed by atoms with Gasteiger partial charge in [0.15, 0.2) is 0 Å². The molecule has 0 spiro atoms. The summed E-state index contributed by atoms with van der Waals surface area (Å²) in [5.74, 6) is 1.58. The Morgan fingerprint density at radius 3 is 2.22 bits per heavy atom. The SMILES string of the molecule is COc1ccc(OCCCC(=O)Nc2cc(C)cc(C)c2)cc1. The van der Waals surface area contributed by atoms with E-state index in [1.54, 1.807) is 7.11 Å². The minimum absolute atomic E-state index is 0.00771. The van der Waals surface area contributed by atoms with Gasteiger partial charge >= 0.3 is 0 Å². The second-order valence-corrected chi connectivity index (χ2v) is 5.55. The number of rotatable bonds is 7. The summed E-state index contributed by atoms with van der Waals surface area (Å²) in [5, 5.41) is 2.93. The van der Waals surface area contributed by atoms with Gasteiger partial charge in [-0.1, -0.05) is 6.07 Å². The summed E-state index contributed by atoms with van der Waals surface area (Å²) in [6.45, 7) is 4.54. The first-order chi connectivity index (χ1) is 11.1. The van der Waals surface area contributed by atoms with Gasteiger partial charge in [-0.2, -0.15) is 0 Å². The number of carbonyl (C=O) groups is 1. The molecule has 23 heavy (non-hydrogen) atoms. The molecule has 0 aliphatic rings. The lowest BCUT2D eigenvalue weighted by atomic mass is 10.1. The molecule has 0 atom stereocenters. The molecule has 0 aliphatic carbocycles. The number of carbonyl (C=O) groups excluding carboxylic acids is 1. The van der Waals surface area contributed by atoms with Crippen molar-refractivity contribution in [2.24, 2.45) is 0 Å². The number of hydrogen-bond donors (Lipinski definition) is 1. The number of methoxy groups -OCH3 is 1. The quantitative estimate of drug-likeness (QED) is 0.783. The maximum atomic E-state index is 11.9. The Bertz CT molecular complexity index is 630. The summed E-state index contributed by atoms with van der Waals surface area (Å²) in [7, 11) is 1.63. The van der Waals surface area contributed by atoms with Crippen molar-refractivity contribution in [3.8, 4) is 11.5 Å². The van der Waals surface area contributed by atoms with Gasteiger partial charge in [-0.15, -0.1) is 0 Å². The van der Waals surface area contributed by atoms with Crippen molar-refractivity contribution in [3.05, 3.63) is 53.6 Å². The number of nitrogens with one attached hydrogen (secondary N) is 1. The van der Waals surface area contributed by atoms with Crippen LogP contribution in [-0.2, 0) is 4.79 Å². The number of hydrogen-bond acceptors (Lipinski definition) is 3. The minimum Gasteiger partial charge on any atom is -0.497 e. The Balaban J connectivity index is 1.71. The van der Waals surface area contributed by atoms with E-state index < -0.39 is 0 Å². The molecule has 0 saturated heterocycles. The van der Waals surface area contributed by atoms with Crippen LogP contribution in [0.1, 0.15) is 24.0 Å². The maximum Gasteiger partial charge on any atom is 0.224 e. The highest BCUT2D eigenvalue weighted by atomic mass is 16.5. The third-order valence-electron chi connectivity index (χ3n) is 3.38. The molecule has 122 valence electrons. The van der Waals surface area contributed by atoms with Crippen molar-refractivity contribution in [1.82, 2.24) is 0 Å². The van der Waals surface area contributed by atoms with E-state index in [1.165, 1.54) is 0 Å². The van der Waals surface area contributed by atoms with Gasteiger partial charge < -0.3 is 14.8 Å². The summed E-state index contributed by atoms with van der Waals surface area (Å²) in [4.78, 5) is 11.9. The first-order valence-electron chi connectivity index (χ1n) is 7.72. The molecule has 1 N–H and O–H groups in total. The summed E-state index contributed by atoms with van der Waals surface area (Å²) < 4.78 is 10.7. The van der Waals surface area contributed by atoms with Crippen LogP contribution in [0.15, 0.2) is 42.5 Å². The van der Waals surface area contributed by atoms with Gasteiger partial charge in [0, 0.05) is 12.1 Å². The first kappa shape index (κ1) is 16.9. The molecule has 2 rings (SSSR count). The maximum absolute atomic E-state index is 11.9. The number of anilines is 1. The van der Waals surface area contributed by atoms with Crippen molar-refractivity contribution in [2.45, 2.75) is 26.7 Å². The molecular formula is C19H23NO3. The first-order valence-corrected chi connectivity index (χ1v) is 7.72. The second-order valence-electron chi connectivity index (χ2n) is 5.55. The topological polar surface area (TPSA) is 47.6 Å². The summed E-state index contributed by atoms with van der Waals surface area (Å²) in [6, 6.07) is 13.4. The molecule has 0 heterocycles. The van der Waals surface area contributed by atoms with E-state index in [4.69, 9.17) is 9.47 Å². The molecule has 0 saturated carbocycles. The van der Waals surface area contributed by atoms with Gasteiger partial charge in [0.05, 0.1) is 13.7 Å². The van der Waals surface area contributed by atoms with Gasteiger partial charge in [-0.25, -0.2) is 0 Å². The normalized spacial score (nSPS) is 10.2. The lowest BCUT2D eigenvalue weighted by Crippen LogP contribution is -2.13. The zero-order chi connectivity index (χ0) is 16.7. The fourth-order valence-corrected chi connectivity index (χ4v) is 2.37. The van der Waals surface area contributed by atoms with E-state index >= 15 is 0 Å². The highest BCUT2D eigenvalue weighted by Crippen LogP contribution is 2.17. The molecule has 0 unspecified atom stereocenters. The van der Waals surface area contributed by atoms with Crippen molar-refractivity contribution < 1.29 is 14.3 Å². The summed E-state index contributed by atoms with van der Waals surface area (Å²) in [6.07, 6.45) is 1.10. The Kier molecular flexibility index (Phi) is 6.03. The van der Waals surface area contributed by atoms with E-state index in [9.17, 15) is 4.79 Å². The molecule has 2 aromatic rings. The van der Waals surface area contributed by atoms with Crippen LogP contribution in [0.3, 0.4) is 0 Å². The van der Waals surface area contributed by atoms with E-state index in [-0.39, 0.29) is 5.91 Å². The average molecular weight is 313 g/mol. The highest BCUT2D eigenvalue weighted by Gasteiger charge is 2.04. The van der Waals surface area contributed by atoms with Crippen molar-refractivity contribution >= 4 is 11.6 Å². The van der Waals surface area contributed by atoms with Crippen LogP contribution in [0.5, 0.6) is 11.5 Å². The van der Waals surface area contributed by atoms with Gasteiger partial charge in [0.25, 0.3) is 0 Å². The van der Waals surface area contributed by atoms with E-state index in [0.29, 0.717) is 19.4 Å².